The van der Waals surface area contributed by atoms with Crippen molar-refractivity contribution in [3.8, 4) is 0 Å². The molecule has 0 aliphatic heterocycles. The van der Waals surface area contributed by atoms with Gasteiger partial charge in [-0.3, -0.25) is 0 Å². The standard InChI is InChI=1S/C14H18ClN3OS/c1-18(2)14(20-9-10-6-7-10)17-13(19)16-12-5-3-4-11(15)8-12/h3-5,8,10H,6-7,9H2,1-2H3,(H,16,19)/b17-14+. The summed E-state index contributed by atoms with van der Waals surface area (Å²) in [5.41, 5.74) is 0.650. The van der Waals surface area contributed by atoms with Gasteiger partial charge in [0, 0.05) is 30.6 Å². The summed E-state index contributed by atoms with van der Waals surface area (Å²) in [6.45, 7) is 0. The summed E-state index contributed by atoms with van der Waals surface area (Å²) in [5, 5.41) is 4.04. The van der Waals surface area contributed by atoms with Crippen LogP contribution in [-0.2, 0) is 0 Å². The Morgan fingerprint density at radius 2 is 2.25 bits per heavy atom. The largest absolute Gasteiger partial charge is 0.357 e. The molecule has 0 unspecified atom stereocenters. The van der Waals surface area contributed by atoms with Crippen LogP contribution in [-0.4, -0.2) is 35.9 Å². The van der Waals surface area contributed by atoms with Crippen molar-refractivity contribution in [2.75, 3.05) is 25.2 Å². The van der Waals surface area contributed by atoms with E-state index >= 15 is 0 Å². The second-order valence-corrected chi connectivity index (χ2v) is 6.41. The van der Waals surface area contributed by atoms with Gasteiger partial charge in [-0.1, -0.05) is 29.4 Å². The fourth-order valence-electron chi connectivity index (χ4n) is 1.54. The summed E-state index contributed by atoms with van der Waals surface area (Å²) in [6.07, 6.45) is 2.59. The average molecular weight is 312 g/mol. The first-order chi connectivity index (χ1) is 9.54. The molecule has 6 heteroatoms. The van der Waals surface area contributed by atoms with Crippen molar-refractivity contribution in [3.63, 3.8) is 0 Å². The van der Waals surface area contributed by atoms with Crippen LogP contribution in [0.2, 0.25) is 5.02 Å². The molecule has 0 atom stereocenters. The number of aliphatic imine (C=N–C) groups is 1. The van der Waals surface area contributed by atoms with Crippen LogP contribution < -0.4 is 5.32 Å². The van der Waals surface area contributed by atoms with Gasteiger partial charge in [0.1, 0.15) is 0 Å². The fraction of sp³-hybridized carbons (Fsp3) is 0.429. The number of urea groups is 1. The third-order valence-electron chi connectivity index (χ3n) is 2.80. The Bertz CT molecular complexity index is 515. The van der Waals surface area contributed by atoms with E-state index in [9.17, 15) is 4.79 Å². The lowest BCUT2D eigenvalue weighted by atomic mass is 10.3. The molecule has 0 radical (unpaired) electrons. The van der Waals surface area contributed by atoms with Gasteiger partial charge in [-0.05, 0) is 37.0 Å². The average Bonchev–Trinajstić information content (AvgIpc) is 3.18. The zero-order valence-corrected chi connectivity index (χ0v) is 13.2. The number of thioether (sulfide) groups is 1. The van der Waals surface area contributed by atoms with Crippen LogP contribution in [0.3, 0.4) is 0 Å². The molecule has 0 bridgehead atoms. The first-order valence-electron chi connectivity index (χ1n) is 6.50. The molecule has 4 nitrogen and oxygen atoms in total. The molecule has 1 aromatic rings. The number of hydrogen-bond donors (Lipinski definition) is 1. The number of nitrogens with zero attached hydrogens (tertiary/aromatic N) is 2. The Labute approximate surface area is 128 Å². The molecule has 108 valence electrons. The van der Waals surface area contributed by atoms with Gasteiger partial charge in [-0.2, -0.15) is 4.99 Å². The molecule has 1 aromatic carbocycles. The molecule has 1 fully saturated rings. The molecular weight excluding hydrogens is 294 g/mol. The van der Waals surface area contributed by atoms with Crippen LogP contribution in [0.25, 0.3) is 0 Å². The molecule has 0 heterocycles. The number of amides is 2. The zero-order valence-electron chi connectivity index (χ0n) is 11.6. The van der Waals surface area contributed by atoms with E-state index in [1.807, 2.05) is 19.0 Å². The Hall–Kier alpha value is -1.20. The minimum absolute atomic E-state index is 0.376. The van der Waals surface area contributed by atoms with E-state index in [0.717, 1.165) is 16.8 Å². The summed E-state index contributed by atoms with van der Waals surface area (Å²) < 4.78 is 0. The summed E-state index contributed by atoms with van der Waals surface area (Å²) >= 11 is 7.51. The molecule has 20 heavy (non-hydrogen) atoms. The van der Waals surface area contributed by atoms with E-state index in [1.165, 1.54) is 12.8 Å². The van der Waals surface area contributed by atoms with Crippen LogP contribution in [0.15, 0.2) is 29.3 Å². The molecule has 0 saturated heterocycles. The normalized spacial score (nSPS) is 15.1. The highest BCUT2D eigenvalue weighted by atomic mass is 35.5. The van der Waals surface area contributed by atoms with Crippen molar-refractivity contribution in [1.82, 2.24) is 4.90 Å². The lowest BCUT2D eigenvalue weighted by molar-refractivity contribution is 0.259. The number of carbonyl (C=O) groups excluding carboxylic acids is 1. The van der Waals surface area contributed by atoms with Gasteiger partial charge in [0.2, 0.25) is 0 Å². The van der Waals surface area contributed by atoms with Gasteiger partial charge >= 0.3 is 6.03 Å². The van der Waals surface area contributed by atoms with Gasteiger partial charge in [0.25, 0.3) is 0 Å². The van der Waals surface area contributed by atoms with E-state index in [-0.39, 0.29) is 6.03 Å². The highest BCUT2D eigenvalue weighted by Gasteiger charge is 2.22. The molecular formula is C14H18ClN3OS. The summed E-state index contributed by atoms with van der Waals surface area (Å²) in [5.74, 6) is 1.82. The number of anilines is 1. The number of amidine groups is 1. The van der Waals surface area contributed by atoms with E-state index in [2.05, 4.69) is 10.3 Å². The van der Waals surface area contributed by atoms with E-state index < -0.39 is 0 Å². The second-order valence-electron chi connectivity index (χ2n) is 4.98. The minimum Gasteiger partial charge on any atom is -0.357 e. The summed E-state index contributed by atoms with van der Waals surface area (Å²) in [4.78, 5) is 17.9. The fourth-order valence-corrected chi connectivity index (χ4v) is 2.86. The van der Waals surface area contributed by atoms with Crippen molar-refractivity contribution in [3.05, 3.63) is 29.3 Å². The number of rotatable bonds is 3. The van der Waals surface area contributed by atoms with Gasteiger partial charge < -0.3 is 10.2 Å². The summed E-state index contributed by atoms with van der Waals surface area (Å²) in [6, 6.07) is 6.65. The summed E-state index contributed by atoms with van der Waals surface area (Å²) in [7, 11) is 3.79. The monoisotopic (exact) mass is 311 g/mol. The second kappa shape index (κ2) is 6.99. The first kappa shape index (κ1) is 15.2. The maximum Gasteiger partial charge on any atom is 0.347 e. The third kappa shape index (κ3) is 5.06. The van der Waals surface area contributed by atoms with Gasteiger partial charge in [-0.25, -0.2) is 4.79 Å². The van der Waals surface area contributed by atoms with Crippen LogP contribution in [0, 0.1) is 5.92 Å². The first-order valence-corrected chi connectivity index (χ1v) is 7.86. The van der Waals surface area contributed by atoms with E-state index in [4.69, 9.17) is 11.6 Å². The number of hydrogen-bond acceptors (Lipinski definition) is 2. The molecule has 1 N–H and O–H groups in total. The third-order valence-corrected chi connectivity index (χ3v) is 4.39. The van der Waals surface area contributed by atoms with E-state index in [0.29, 0.717) is 10.7 Å². The SMILES string of the molecule is CN(C)/C(=N\C(=O)Nc1cccc(Cl)c1)SCC1CC1. The minimum atomic E-state index is -0.376. The van der Waals surface area contributed by atoms with Gasteiger partial charge in [0.15, 0.2) is 5.17 Å². The van der Waals surface area contributed by atoms with Crippen LogP contribution in [0.4, 0.5) is 10.5 Å². The molecule has 1 aliphatic carbocycles. The predicted octanol–water partition coefficient (Wildman–Crippen LogP) is 3.93. The van der Waals surface area contributed by atoms with Gasteiger partial charge in [-0.15, -0.1) is 0 Å². The smallest absolute Gasteiger partial charge is 0.347 e. The highest BCUT2D eigenvalue weighted by Crippen LogP contribution is 2.32. The molecule has 0 aromatic heterocycles. The van der Waals surface area contributed by atoms with Crippen molar-refractivity contribution in [2.45, 2.75) is 12.8 Å². The Kier molecular flexibility index (Phi) is 5.31. The molecule has 1 aliphatic rings. The zero-order chi connectivity index (χ0) is 14.5. The number of nitrogens with one attached hydrogen (secondary N) is 1. The van der Waals surface area contributed by atoms with Gasteiger partial charge in [0.05, 0.1) is 0 Å². The van der Waals surface area contributed by atoms with Crippen molar-refractivity contribution >= 4 is 40.2 Å². The quantitative estimate of drug-likeness (QED) is 0.679. The number of benzene rings is 1. The maximum absolute atomic E-state index is 11.9. The van der Waals surface area contributed by atoms with Crippen LogP contribution in [0.1, 0.15) is 12.8 Å². The number of carbonyl (C=O) groups is 1. The van der Waals surface area contributed by atoms with Crippen molar-refractivity contribution < 1.29 is 4.79 Å². The Morgan fingerprint density at radius 1 is 1.50 bits per heavy atom. The molecule has 0 spiro atoms. The van der Waals surface area contributed by atoms with Crippen LogP contribution in [0.5, 0.6) is 0 Å². The van der Waals surface area contributed by atoms with Crippen molar-refractivity contribution in [1.29, 1.82) is 0 Å². The molecule has 2 amide bonds. The Balaban J connectivity index is 1.96. The lowest BCUT2D eigenvalue weighted by Gasteiger charge is -2.14. The van der Waals surface area contributed by atoms with E-state index in [1.54, 1.807) is 36.0 Å². The molecule has 2 rings (SSSR count). The maximum atomic E-state index is 11.9. The molecule has 1 saturated carbocycles. The topological polar surface area (TPSA) is 44.7 Å². The van der Waals surface area contributed by atoms with Crippen LogP contribution >= 0.6 is 23.4 Å². The highest BCUT2D eigenvalue weighted by molar-refractivity contribution is 8.13. The Morgan fingerprint density at radius 3 is 2.85 bits per heavy atom. The van der Waals surface area contributed by atoms with Crippen molar-refractivity contribution in [2.24, 2.45) is 10.9 Å². The number of halogens is 1. The lowest BCUT2D eigenvalue weighted by Crippen LogP contribution is -2.22. The predicted molar refractivity (Wildman–Crippen MR) is 86.8 cm³/mol.